The van der Waals surface area contributed by atoms with E-state index in [1.54, 1.807) is 0 Å². The second-order valence-corrected chi connectivity index (χ2v) is 5.48. The van der Waals surface area contributed by atoms with Crippen LogP contribution in [-0.4, -0.2) is 35.8 Å². The first-order chi connectivity index (χ1) is 7.90. The molecule has 1 unspecified atom stereocenters. The Morgan fingerprint density at radius 1 is 1.29 bits per heavy atom. The van der Waals surface area contributed by atoms with Gasteiger partial charge in [0.05, 0.1) is 6.42 Å². The predicted molar refractivity (Wildman–Crippen MR) is 65.9 cm³/mol. The van der Waals surface area contributed by atoms with Gasteiger partial charge in [-0.05, 0) is 11.8 Å². The van der Waals surface area contributed by atoms with Crippen LogP contribution in [0.2, 0.25) is 0 Å². The minimum atomic E-state index is -0.403. The highest BCUT2D eigenvalue weighted by Gasteiger charge is 2.31. The SMILES string of the molecule is CC(C)CN(CC(C)C)C(=O)C1CC(=O)NN1. The number of carbonyl (C=O) groups excluding carboxylic acids is 2. The average Bonchev–Trinajstić information content (AvgIpc) is 2.61. The fraction of sp³-hybridized carbons (Fsp3) is 0.833. The Hall–Kier alpha value is -1.10. The van der Waals surface area contributed by atoms with E-state index in [0.29, 0.717) is 11.8 Å². The number of hydrogen-bond donors (Lipinski definition) is 2. The second-order valence-electron chi connectivity index (χ2n) is 5.48. The van der Waals surface area contributed by atoms with Crippen LogP contribution in [-0.2, 0) is 9.59 Å². The van der Waals surface area contributed by atoms with Crippen LogP contribution in [0.3, 0.4) is 0 Å². The lowest BCUT2D eigenvalue weighted by molar-refractivity contribution is -0.134. The molecule has 2 amide bonds. The Bertz CT molecular complexity index is 279. The number of hydrogen-bond acceptors (Lipinski definition) is 3. The van der Waals surface area contributed by atoms with Gasteiger partial charge in [0.2, 0.25) is 11.8 Å². The molecule has 0 aromatic carbocycles. The van der Waals surface area contributed by atoms with E-state index >= 15 is 0 Å². The summed E-state index contributed by atoms with van der Waals surface area (Å²) in [7, 11) is 0. The third-order valence-corrected chi connectivity index (χ3v) is 2.56. The number of hydrazine groups is 1. The highest BCUT2D eigenvalue weighted by atomic mass is 16.2. The average molecular weight is 241 g/mol. The molecule has 1 atom stereocenters. The van der Waals surface area contributed by atoms with Gasteiger partial charge >= 0.3 is 0 Å². The van der Waals surface area contributed by atoms with Crippen molar-refractivity contribution in [3.63, 3.8) is 0 Å². The van der Waals surface area contributed by atoms with E-state index in [1.807, 2.05) is 4.90 Å². The summed E-state index contributed by atoms with van der Waals surface area (Å²) in [6, 6.07) is -0.403. The van der Waals surface area contributed by atoms with E-state index in [9.17, 15) is 9.59 Å². The summed E-state index contributed by atoms with van der Waals surface area (Å²) in [5.41, 5.74) is 5.22. The van der Waals surface area contributed by atoms with Gasteiger partial charge in [0.25, 0.3) is 0 Å². The highest BCUT2D eigenvalue weighted by molar-refractivity contribution is 5.90. The summed E-state index contributed by atoms with van der Waals surface area (Å²) in [5, 5.41) is 0. The Kier molecular flexibility index (Phi) is 4.93. The van der Waals surface area contributed by atoms with Crippen LogP contribution in [0.1, 0.15) is 34.1 Å². The van der Waals surface area contributed by atoms with Gasteiger partial charge in [0, 0.05) is 13.1 Å². The first-order valence-corrected chi connectivity index (χ1v) is 6.23. The molecule has 1 saturated heterocycles. The Balaban J connectivity index is 2.61. The molecule has 2 N–H and O–H groups in total. The summed E-state index contributed by atoms with van der Waals surface area (Å²) in [6.07, 6.45) is 0.242. The molecule has 98 valence electrons. The van der Waals surface area contributed by atoms with Crippen molar-refractivity contribution >= 4 is 11.8 Å². The molecule has 1 aliphatic heterocycles. The standard InChI is InChI=1S/C12H23N3O2/c1-8(2)6-15(7-9(3)4)12(17)10-5-11(16)14-13-10/h8-10,13H,5-7H2,1-4H3,(H,14,16). The normalized spacial score (nSPS) is 19.9. The van der Waals surface area contributed by atoms with Gasteiger partial charge < -0.3 is 4.90 Å². The number of nitrogens with zero attached hydrogens (tertiary/aromatic N) is 1. The van der Waals surface area contributed by atoms with Gasteiger partial charge in [-0.2, -0.15) is 0 Å². The summed E-state index contributed by atoms with van der Waals surface area (Å²) < 4.78 is 0. The van der Waals surface area contributed by atoms with Crippen LogP contribution in [0.4, 0.5) is 0 Å². The molecule has 0 aliphatic carbocycles. The molecule has 1 rings (SSSR count). The van der Waals surface area contributed by atoms with Crippen molar-refractivity contribution in [1.82, 2.24) is 15.8 Å². The number of amides is 2. The third-order valence-electron chi connectivity index (χ3n) is 2.56. The molecule has 0 spiro atoms. The molecule has 5 nitrogen and oxygen atoms in total. The molecule has 0 aromatic rings. The molecule has 0 bridgehead atoms. The fourth-order valence-electron chi connectivity index (χ4n) is 1.96. The number of nitrogens with one attached hydrogen (secondary N) is 2. The van der Waals surface area contributed by atoms with E-state index in [4.69, 9.17) is 0 Å². The monoisotopic (exact) mass is 241 g/mol. The number of rotatable bonds is 5. The predicted octanol–water partition coefficient (Wildman–Crippen LogP) is 0.520. The van der Waals surface area contributed by atoms with Gasteiger partial charge in [-0.15, -0.1) is 0 Å². The summed E-state index contributed by atoms with van der Waals surface area (Å²) >= 11 is 0. The zero-order valence-corrected chi connectivity index (χ0v) is 11.1. The van der Waals surface area contributed by atoms with Gasteiger partial charge in [-0.1, -0.05) is 27.7 Å². The van der Waals surface area contributed by atoms with Crippen LogP contribution >= 0.6 is 0 Å². The minimum absolute atomic E-state index is 0.0192. The Morgan fingerprint density at radius 3 is 2.18 bits per heavy atom. The van der Waals surface area contributed by atoms with Crippen LogP contribution in [0.5, 0.6) is 0 Å². The third kappa shape index (κ3) is 4.34. The van der Waals surface area contributed by atoms with E-state index in [0.717, 1.165) is 13.1 Å². The van der Waals surface area contributed by atoms with Gasteiger partial charge in [-0.25, -0.2) is 5.43 Å². The number of carbonyl (C=O) groups is 2. The quantitative estimate of drug-likeness (QED) is 0.737. The molecule has 0 saturated carbocycles. The minimum Gasteiger partial charge on any atom is -0.341 e. The molecule has 1 fully saturated rings. The Morgan fingerprint density at radius 2 is 1.82 bits per heavy atom. The second kappa shape index (κ2) is 6.00. The van der Waals surface area contributed by atoms with E-state index in [2.05, 4.69) is 38.5 Å². The van der Waals surface area contributed by atoms with Crippen LogP contribution in [0, 0.1) is 11.8 Å². The van der Waals surface area contributed by atoms with Gasteiger partial charge in [0.1, 0.15) is 6.04 Å². The van der Waals surface area contributed by atoms with Crippen LogP contribution in [0.15, 0.2) is 0 Å². The lowest BCUT2D eigenvalue weighted by atomic mass is 10.1. The molecular weight excluding hydrogens is 218 g/mol. The first-order valence-electron chi connectivity index (χ1n) is 6.23. The lowest BCUT2D eigenvalue weighted by Gasteiger charge is -2.28. The largest absolute Gasteiger partial charge is 0.341 e. The highest BCUT2D eigenvalue weighted by Crippen LogP contribution is 2.09. The maximum atomic E-state index is 12.2. The van der Waals surface area contributed by atoms with Crippen LogP contribution < -0.4 is 10.9 Å². The van der Waals surface area contributed by atoms with E-state index in [-0.39, 0.29) is 18.2 Å². The van der Waals surface area contributed by atoms with Crippen molar-refractivity contribution in [2.24, 2.45) is 11.8 Å². The summed E-state index contributed by atoms with van der Waals surface area (Å²) in [5.74, 6) is 0.772. The van der Waals surface area contributed by atoms with Crippen molar-refractivity contribution < 1.29 is 9.59 Å². The molecule has 0 radical (unpaired) electrons. The zero-order valence-electron chi connectivity index (χ0n) is 11.1. The maximum absolute atomic E-state index is 12.2. The smallest absolute Gasteiger partial charge is 0.242 e. The van der Waals surface area contributed by atoms with Crippen LogP contribution in [0.25, 0.3) is 0 Å². The zero-order chi connectivity index (χ0) is 13.0. The molecular formula is C12H23N3O2. The van der Waals surface area contributed by atoms with Crippen molar-refractivity contribution in [1.29, 1.82) is 0 Å². The topological polar surface area (TPSA) is 61.4 Å². The summed E-state index contributed by atoms with van der Waals surface area (Å²) in [4.78, 5) is 25.2. The van der Waals surface area contributed by atoms with Crippen molar-refractivity contribution in [3.05, 3.63) is 0 Å². The molecule has 1 heterocycles. The van der Waals surface area contributed by atoms with Crippen molar-refractivity contribution in [2.45, 2.75) is 40.2 Å². The van der Waals surface area contributed by atoms with Crippen molar-refractivity contribution in [3.8, 4) is 0 Å². The molecule has 5 heteroatoms. The summed E-state index contributed by atoms with van der Waals surface area (Å²) in [6.45, 7) is 9.84. The fourth-order valence-corrected chi connectivity index (χ4v) is 1.96. The first kappa shape index (κ1) is 14.0. The maximum Gasteiger partial charge on any atom is 0.242 e. The lowest BCUT2D eigenvalue weighted by Crippen LogP contribution is -2.48. The van der Waals surface area contributed by atoms with E-state index < -0.39 is 6.04 Å². The van der Waals surface area contributed by atoms with Gasteiger partial charge in [-0.3, -0.25) is 15.0 Å². The van der Waals surface area contributed by atoms with Crippen molar-refractivity contribution in [2.75, 3.05) is 13.1 Å². The van der Waals surface area contributed by atoms with Gasteiger partial charge in [0.15, 0.2) is 0 Å². The Labute approximate surface area is 103 Å². The molecule has 1 aliphatic rings. The molecule has 0 aromatic heterocycles. The van der Waals surface area contributed by atoms with E-state index in [1.165, 1.54) is 0 Å². The molecule has 17 heavy (non-hydrogen) atoms.